The van der Waals surface area contributed by atoms with Crippen LogP contribution >= 0.6 is 0 Å². The van der Waals surface area contributed by atoms with Gasteiger partial charge in [-0.05, 0) is 31.1 Å². The topological polar surface area (TPSA) is 71.3 Å². The van der Waals surface area contributed by atoms with Crippen LogP contribution in [0.1, 0.15) is 12.2 Å². The number of carbonyl (C=O) groups is 1. The van der Waals surface area contributed by atoms with Crippen LogP contribution in [0.5, 0.6) is 0 Å². The van der Waals surface area contributed by atoms with Gasteiger partial charge >= 0.3 is 0 Å². The van der Waals surface area contributed by atoms with Crippen LogP contribution in [0.25, 0.3) is 5.65 Å². The number of hydrogen-bond donors (Lipinski definition) is 2. The number of nitrogens with zero attached hydrogens (tertiary/aromatic N) is 3. The van der Waals surface area contributed by atoms with Crippen molar-refractivity contribution < 1.29 is 4.79 Å². The molecule has 94 valence electrons. The molecule has 0 atom stereocenters. The Morgan fingerprint density at radius 1 is 1.44 bits per heavy atom. The van der Waals surface area contributed by atoms with Gasteiger partial charge in [0.05, 0.1) is 6.54 Å². The Morgan fingerprint density at radius 3 is 3.11 bits per heavy atom. The SMILES string of the molecule is O=C(CC1CNC1)NCc1nnc2ccccn12. The summed E-state index contributed by atoms with van der Waals surface area (Å²) >= 11 is 0. The predicted molar refractivity (Wildman–Crippen MR) is 65.8 cm³/mol. The van der Waals surface area contributed by atoms with Crippen LogP contribution in [0.3, 0.4) is 0 Å². The van der Waals surface area contributed by atoms with Crippen LogP contribution in [0, 0.1) is 5.92 Å². The number of carbonyl (C=O) groups excluding carboxylic acids is 1. The van der Waals surface area contributed by atoms with E-state index in [1.165, 1.54) is 0 Å². The van der Waals surface area contributed by atoms with Crippen molar-refractivity contribution in [2.24, 2.45) is 5.92 Å². The fraction of sp³-hybridized carbons (Fsp3) is 0.417. The van der Waals surface area contributed by atoms with E-state index in [1.807, 2.05) is 28.8 Å². The molecule has 0 spiro atoms. The summed E-state index contributed by atoms with van der Waals surface area (Å²) in [6.45, 7) is 2.31. The van der Waals surface area contributed by atoms with E-state index in [9.17, 15) is 4.79 Å². The number of amides is 1. The molecule has 0 aromatic carbocycles. The van der Waals surface area contributed by atoms with E-state index in [-0.39, 0.29) is 5.91 Å². The van der Waals surface area contributed by atoms with Crippen molar-refractivity contribution in [2.75, 3.05) is 13.1 Å². The van der Waals surface area contributed by atoms with E-state index in [0.717, 1.165) is 24.6 Å². The number of nitrogens with one attached hydrogen (secondary N) is 2. The van der Waals surface area contributed by atoms with Crippen LogP contribution in [-0.4, -0.2) is 33.6 Å². The third kappa shape index (κ3) is 2.19. The number of fused-ring (bicyclic) bond motifs is 1. The second-order valence-electron chi connectivity index (χ2n) is 4.55. The maximum atomic E-state index is 11.7. The van der Waals surface area contributed by atoms with E-state index >= 15 is 0 Å². The molecule has 2 aromatic heterocycles. The van der Waals surface area contributed by atoms with Gasteiger partial charge in [0.1, 0.15) is 0 Å². The Kier molecular flexibility index (Phi) is 2.93. The third-order valence-corrected chi connectivity index (χ3v) is 3.17. The summed E-state index contributed by atoms with van der Waals surface area (Å²) in [5, 5.41) is 14.1. The summed E-state index contributed by atoms with van der Waals surface area (Å²) in [4.78, 5) is 11.7. The smallest absolute Gasteiger partial charge is 0.220 e. The molecule has 1 aliphatic rings. The molecule has 1 amide bonds. The second kappa shape index (κ2) is 4.73. The van der Waals surface area contributed by atoms with Crippen molar-refractivity contribution in [1.29, 1.82) is 0 Å². The summed E-state index contributed by atoms with van der Waals surface area (Å²) in [5.74, 6) is 1.32. The quantitative estimate of drug-likeness (QED) is 0.792. The minimum atomic E-state index is 0.0779. The molecule has 2 aromatic rings. The minimum absolute atomic E-state index is 0.0779. The lowest BCUT2D eigenvalue weighted by Gasteiger charge is -2.26. The van der Waals surface area contributed by atoms with Gasteiger partial charge in [0.25, 0.3) is 0 Å². The third-order valence-electron chi connectivity index (χ3n) is 3.17. The highest BCUT2D eigenvalue weighted by Gasteiger charge is 2.20. The molecule has 1 aliphatic heterocycles. The molecule has 0 aliphatic carbocycles. The molecule has 2 N–H and O–H groups in total. The van der Waals surface area contributed by atoms with Crippen molar-refractivity contribution >= 4 is 11.6 Å². The van der Waals surface area contributed by atoms with E-state index in [1.54, 1.807) is 0 Å². The first-order valence-electron chi connectivity index (χ1n) is 6.09. The van der Waals surface area contributed by atoms with Gasteiger partial charge in [-0.25, -0.2) is 0 Å². The maximum Gasteiger partial charge on any atom is 0.220 e. The number of rotatable bonds is 4. The normalized spacial score (nSPS) is 15.6. The molecule has 6 heteroatoms. The van der Waals surface area contributed by atoms with Gasteiger partial charge in [0.15, 0.2) is 11.5 Å². The van der Waals surface area contributed by atoms with Crippen LogP contribution in [0.4, 0.5) is 0 Å². The Balaban J connectivity index is 1.60. The van der Waals surface area contributed by atoms with Crippen LogP contribution in [0.2, 0.25) is 0 Å². The van der Waals surface area contributed by atoms with E-state index in [0.29, 0.717) is 18.9 Å². The average molecular weight is 245 g/mol. The van der Waals surface area contributed by atoms with E-state index in [4.69, 9.17) is 0 Å². The van der Waals surface area contributed by atoms with Gasteiger partial charge in [-0.1, -0.05) is 6.07 Å². The Morgan fingerprint density at radius 2 is 2.33 bits per heavy atom. The zero-order valence-corrected chi connectivity index (χ0v) is 9.97. The summed E-state index contributed by atoms with van der Waals surface area (Å²) in [7, 11) is 0. The Hall–Kier alpha value is -1.95. The molecule has 1 fully saturated rings. The van der Waals surface area contributed by atoms with Crippen molar-refractivity contribution in [3.05, 3.63) is 30.2 Å². The minimum Gasteiger partial charge on any atom is -0.349 e. The van der Waals surface area contributed by atoms with Gasteiger partial charge < -0.3 is 10.6 Å². The van der Waals surface area contributed by atoms with Crippen molar-refractivity contribution in [1.82, 2.24) is 25.2 Å². The van der Waals surface area contributed by atoms with Crippen molar-refractivity contribution in [3.8, 4) is 0 Å². The van der Waals surface area contributed by atoms with Gasteiger partial charge in [-0.2, -0.15) is 0 Å². The highest BCUT2D eigenvalue weighted by Crippen LogP contribution is 2.08. The molecular formula is C12H15N5O. The molecule has 6 nitrogen and oxygen atoms in total. The molecule has 3 rings (SSSR count). The Labute approximate surface area is 104 Å². The summed E-state index contributed by atoms with van der Waals surface area (Å²) < 4.78 is 1.88. The van der Waals surface area contributed by atoms with Gasteiger partial charge in [-0.3, -0.25) is 9.20 Å². The fourth-order valence-electron chi connectivity index (χ4n) is 2.02. The standard InChI is InChI=1S/C12H15N5O/c18-12(5-9-6-13-7-9)14-8-11-16-15-10-3-1-2-4-17(10)11/h1-4,9,13H,5-8H2,(H,14,18). The van der Waals surface area contributed by atoms with Crippen molar-refractivity contribution in [3.63, 3.8) is 0 Å². The van der Waals surface area contributed by atoms with Crippen molar-refractivity contribution in [2.45, 2.75) is 13.0 Å². The molecular weight excluding hydrogens is 230 g/mol. The Bertz CT molecular complexity index is 560. The lowest BCUT2D eigenvalue weighted by molar-refractivity contribution is -0.122. The predicted octanol–water partition coefficient (Wildman–Crippen LogP) is -0.0450. The first-order chi connectivity index (χ1) is 8.83. The first-order valence-corrected chi connectivity index (χ1v) is 6.09. The highest BCUT2D eigenvalue weighted by molar-refractivity contribution is 5.76. The van der Waals surface area contributed by atoms with Gasteiger partial charge in [0.2, 0.25) is 5.91 Å². The molecule has 0 bridgehead atoms. The second-order valence-corrected chi connectivity index (χ2v) is 4.55. The average Bonchev–Trinajstić information content (AvgIpc) is 2.75. The monoisotopic (exact) mass is 245 g/mol. The maximum absolute atomic E-state index is 11.7. The molecule has 0 radical (unpaired) electrons. The molecule has 3 heterocycles. The van der Waals surface area contributed by atoms with Crippen LogP contribution in [-0.2, 0) is 11.3 Å². The largest absolute Gasteiger partial charge is 0.349 e. The molecule has 18 heavy (non-hydrogen) atoms. The molecule has 0 unspecified atom stereocenters. The van der Waals surface area contributed by atoms with Crippen LogP contribution < -0.4 is 10.6 Å². The lowest BCUT2D eigenvalue weighted by atomic mass is 9.99. The van der Waals surface area contributed by atoms with E-state index in [2.05, 4.69) is 20.8 Å². The highest BCUT2D eigenvalue weighted by atomic mass is 16.1. The summed E-state index contributed by atoms with van der Waals surface area (Å²) in [5.41, 5.74) is 0.796. The van der Waals surface area contributed by atoms with Gasteiger partial charge in [0, 0.05) is 12.6 Å². The summed E-state index contributed by atoms with van der Waals surface area (Å²) in [6, 6.07) is 5.72. The number of pyridine rings is 1. The van der Waals surface area contributed by atoms with E-state index < -0.39 is 0 Å². The lowest BCUT2D eigenvalue weighted by Crippen LogP contribution is -2.44. The summed E-state index contributed by atoms with van der Waals surface area (Å²) in [6.07, 6.45) is 2.48. The van der Waals surface area contributed by atoms with Gasteiger partial charge in [-0.15, -0.1) is 10.2 Å². The van der Waals surface area contributed by atoms with Crippen LogP contribution in [0.15, 0.2) is 24.4 Å². The number of aromatic nitrogens is 3. The zero-order chi connectivity index (χ0) is 12.4. The number of hydrogen-bond acceptors (Lipinski definition) is 4. The fourth-order valence-corrected chi connectivity index (χ4v) is 2.02. The first kappa shape index (κ1) is 11.2. The molecule has 0 saturated carbocycles. The molecule has 1 saturated heterocycles. The zero-order valence-electron chi connectivity index (χ0n) is 9.97.